The van der Waals surface area contributed by atoms with E-state index in [1.165, 1.54) is 18.2 Å². The Morgan fingerprint density at radius 1 is 1.26 bits per heavy atom. The average molecular weight is 503 g/mol. The third kappa shape index (κ3) is 6.33. The molecular weight excluding hydrogens is 475 g/mol. The fraction of sp³-hybridized carbons (Fsp3) is 0.417. The Morgan fingerprint density at radius 2 is 1.94 bits per heavy atom. The minimum Gasteiger partial charge on any atom is -0.462 e. The molecule has 9 nitrogen and oxygen atoms in total. The maximum atomic E-state index is 13.5. The Morgan fingerprint density at radius 3 is 2.57 bits per heavy atom. The number of benzene rings is 1. The number of pyridine rings is 1. The third-order valence-electron chi connectivity index (χ3n) is 5.89. The number of sulfonamides is 1. The number of amides is 1. The lowest BCUT2D eigenvalue weighted by Gasteiger charge is -2.32. The molecule has 186 valence electrons. The molecular formula is C24H27FN4O5S. The van der Waals surface area contributed by atoms with Crippen molar-refractivity contribution in [3.63, 3.8) is 0 Å². The standard InChI is InChI=1S/C24H27FN4O5S/c1-4-34-24(31)21-12-18(13-26)22(27-16(21)3)29-9-7-17(8-10-29)23(30)28-35(32,33)14-19-11-20(25)6-5-15(19)2/h5-6,11-12,17H,4,7-10,14H2,1-3H3,(H,28,30). The van der Waals surface area contributed by atoms with E-state index in [1.807, 2.05) is 4.90 Å². The highest BCUT2D eigenvalue weighted by molar-refractivity contribution is 7.89. The summed E-state index contributed by atoms with van der Waals surface area (Å²) in [6, 6.07) is 7.39. The van der Waals surface area contributed by atoms with Crippen molar-refractivity contribution in [3.8, 4) is 6.07 Å². The highest BCUT2D eigenvalue weighted by atomic mass is 32.2. The fourth-order valence-corrected chi connectivity index (χ4v) is 5.22. The van der Waals surface area contributed by atoms with Gasteiger partial charge in [0, 0.05) is 19.0 Å². The Kier molecular flexibility index (Phi) is 8.07. The quantitative estimate of drug-likeness (QED) is 0.572. The Bertz CT molecular complexity index is 1280. The molecule has 1 amide bonds. The van der Waals surface area contributed by atoms with Gasteiger partial charge in [-0.1, -0.05) is 6.07 Å². The van der Waals surface area contributed by atoms with Gasteiger partial charge in [-0.05, 0) is 62.9 Å². The number of hydrogen-bond donors (Lipinski definition) is 1. The van der Waals surface area contributed by atoms with E-state index in [0.29, 0.717) is 43.0 Å². The van der Waals surface area contributed by atoms with Crippen molar-refractivity contribution in [2.24, 2.45) is 5.92 Å². The molecule has 1 N–H and O–H groups in total. The number of piperidine rings is 1. The van der Waals surface area contributed by atoms with Gasteiger partial charge >= 0.3 is 5.97 Å². The molecule has 0 spiro atoms. The smallest absolute Gasteiger partial charge is 0.340 e. The zero-order chi connectivity index (χ0) is 25.8. The normalized spacial score (nSPS) is 14.3. The van der Waals surface area contributed by atoms with Gasteiger partial charge < -0.3 is 9.64 Å². The number of nitrogens with zero attached hydrogens (tertiary/aromatic N) is 3. The Balaban J connectivity index is 1.66. The molecule has 1 aromatic heterocycles. The Hall–Kier alpha value is -3.52. The summed E-state index contributed by atoms with van der Waals surface area (Å²) in [4.78, 5) is 31.0. The minimum absolute atomic E-state index is 0.203. The lowest BCUT2D eigenvalue weighted by atomic mass is 9.96. The van der Waals surface area contributed by atoms with Gasteiger partial charge in [0.05, 0.1) is 29.2 Å². The van der Waals surface area contributed by atoms with Gasteiger partial charge in [-0.25, -0.2) is 22.6 Å². The number of esters is 1. The predicted octanol–water partition coefficient (Wildman–Crippen LogP) is 2.75. The molecule has 0 atom stereocenters. The first-order valence-electron chi connectivity index (χ1n) is 11.2. The van der Waals surface area contributed by atoms with Crippen LogP contribution in [0.5, 0.6) is 0 Å². The number of aryl methyl sites for hydroxylation is 2. The highest BCUT2D eigenvalue weighted by Gasteiger charge is 2.30. The zero-order valence-corrected chi connectivity index (χ0v) is 20.6. The number of carbonyl (C=O) groups excluding carboxylic acids is 2. The van der Waals surface area contributed by atoms with E-state index in [9.17, 15) is 27.7 Å². The summed E-state index contributed by atoms with van der Waals surface area (Å²) in [6.45, 7) is 5.97. The van der Waals surface area contributed by atoms with Gasteiger partial charge in [0.25, 0.3) is 0 Å². The molecule has 11 heteroatoms. The van der Waals surface area contributed by atoms with Crippen LogP contribution in [0.3, 0.4) is 0 Å². The molecule has 2 heterocycles. The van der Waals surface area contributed by atoms with Gasteiger partial charge in [-0.2, -0.15) is 5.26 Å². The van der Waals surface area contributed by atoms with Crippen LogP contribution in [-0.2, 0) is 25.3 Å². The van der Waals surface area contributed by atoms with Gasteiger partial charge in [-0.15, -0.1) is 0 Å². The largest absolute Gasteiger partial charge is 0.462 e. The van der Waals surface area contributed by atoms with Crippen LogP contribution in [0.15, 0.2) is 24.3 Å². The van der Waals surface area contributed by atoms with Crippen LogP contribution in [-0.4, -0.2) is 45.0 Å². The monoisotopic (exact) mass is 502 g/mol. The summed E-state index contributed by atoms with van der Waals surface area (Å²) in [5.41, 5.74) is 1.77. The van der Waals surface area contributed by atoms with E-state index in [-0.39, 0.29) is 23.3 Å². The van der Waals surface area contributed by atoms with Crippen molar-refractivity contribution < 1.29 is 27.1 Å². The maximum Gasteiger partial charge on any atom is 0.340 e. The van der Waals surface area contributed by atoms with Gasteiger partial charge in [0.1, 0.15) is 17.7 Å². The molecule has 1 aliphatic rings. The lowest BCUT2D eigenvalue weighted by Crippen LogP contribution is -2.43. The van der Waals surface area contributed by atoms with Crippen molar-refractivity contribution in [3.05, 3.63) is 58.0 Å². The maximum absolute atomic E-state index is 13.5. The van der Waals surface area contributed by atoms with Crippen LogP contribution in [0.4, 0.5) is 10.2 Å². The number of carbonyl (C=O) groups is 2. The summed E-state index contributed by atoms with van der Waals surface area (Å²) >= 11 is 0. The highest BCUT2D eigenvalue weighted by Crippen LogP contribution is 2.27. The number of rotatable bonds is 7. The summed E-state index contributed by atoms with van der Waals surface area (Å²) in [7, 11) is -4.00. The molecule has 0 unspecified atom stereocenters. The lowest BCUT2D eigenvalue weighted by molar-refractivity contribution is -0.123. The second-order valence-corrected chi connectivity index (χ2v) is 10.1. The van der Waals surface area contributed by atoms with Gasteiger partial charge in [-0.3, -0.25) is 9.52 Å². The molecule has 3 rings (SSSR count). The van der Waals surface area contributed by atoms with Crippen LogP contribution in [0.25, 0.3) is 0 Å². The van der Waals surface area contributed by atoms with Crippen molar-refractivity contribution >= 4 is 27.7 Å². The molecule has 1 saturated heterocycles. The number of ether oxygens (including phenoxy) is 1. The van der Waals surface area contributed by atoms with Crippen LogP contribution in [0, 0.1) is 36.9 Å². The summed E-state index contributed by atoms with van der Waals surface area (Å²) < 4.78 is 45.6. The van der Waals surface area contributed by atoms with Crippen LogP contribution in [0.1, 0.15) is 52.5 Å². The first kappa shape index (κ1) is 26.1. The topological polar surface area (TPSA) is 129 Å². The number of hydrogen-bond acceptors (Lipinski definition) is 8. The Labute approximate surface area is 204 Å². The van der Waals surface area contributed by atoms with E-state index in [1.54, 1.807) is 20.8 Å². The van der Waals surface area contributed by atoms with E-state index >= 15 is 0 Å². The van der Waals surface area contributed by atoms with E-state index in [0.717, 1.165) is 6.07 Å². The zero-order valence-electron chi connectivity index (χ0n) is 19.8. The minimum atomic E-state index is -4.00. The van der Waals surface area contributed by atoms with Crippen molar-refractivity contribution in [2.75, 3.05) is 24.6 Å². The SMILES string of the molecule is CCOC(=O)c1cc(C#N)c(N2CCC(C(=O)NS(=O)(=O)Cc3cc(F)ccc3C)CC2)nc1C. The number of halogens is 1. The van der Waals surface area contributed by atoms with E-state index in [2.05, 4.69) is 15.8 Å². The number of anilines is 1. The fourth-order valence-electron chi connectivity index (χ4n) is 3.96. The summed E-state index contributed by atoms with van der Waals surface area (Å²) in [6.07, 6.45) is 0.705. The first-order chi connectivity index (χ1) is 16.5. The van der Waals surface area contributed by atoms with Crippen LogP contribution in [0.2, 0.25) is 0 Å². The predicted molar refractivity (Wildman–Crippen MR) is 126 cm³/mol. The third-order valence-corrected chi connectivity index (χ3v) is 7.09. The number of nitriles is 1. The molecule has 0 saturated carbocycles. The van der Waals surface area contributed by atoms with Gasteiger partial charge in [0.2, 0.25) is 15.9 Å². The molecule has 35 heavy (non-hydrogen) atoms. The summed E-state index contributed by atoms with van der Waals surface area (Å²) in [5.74, 6) is -2.34. The van der Waals surface area contributed by atoms with E-state index in [4.69, 9.17) is 4.74 Å². The molecule has 2 aromatic rings. The second-order valence-electron chi connectivity index (χ2n) is 8.38. The summed E-state index contributed by atoms with van der Waals surface area (Å²) in [5, 5.41) is 9.58. The molecule has 1 fully saturated rings. The molecule has 0 radical (unpaired) electrons. The van der Waals surface area contributed by atoms with Crippen LogP contribution >= 0.6 is 0 Å². The van der Waals surface area contributed by atoms with E-state index < -0.39 is 39.4 Å². The molecule has 0 aliphatic carbocycles. The van der Waals surface area contributed by atoms with Crippen molar-refractivity contribution in [1.82, 2.24) is 9.71 Å². The van der Waals surface area contributed by atoms with Crippen molar-refractivity contribution in [2.45, 2.75) is 39.4 Å². The number of aromatic nitrogens is 1. The first-order valence-corrected chi connectivity index (χ1v) is 12.8. The molecule has 1 aromatic carbocycles. The second kappa shape index (κ2) is 10.8. The van der Waals surface area contributed by atoms with Crippen molar-refractivity contribution in [1.29, 1.82) is 5.26 Å². The van der Waals surface area contributed by atoms with Gasteiger partial charge in [0.15, 0.2) is 0 Å². The molecule has 0 bridgehead atoms. The molecule has 1 aliphatic heterocycles. The number of nitrogens with one attached hydrogen (secondary N) is 1. The van der Waals surface area contributed by atoms with Crippen LogP contribution < -0.4 is 9.62 Å². The average Bonchev–Trinajstić information content (AvgIpc) is 2.81.